The van der Waals surface area contributed by atoms with Gasteiger partial charge in [0.15, 0.2) is 5.69 Å². The molecule has 33 heavy (non-hydrogen) atoms. The van der Waals surface area contributed by atoms with Gasteiger partial charge in [0, 0.05) is 28.2 Å². The van der Waals surface area contributed by atoms with Crippen molar-refractivity contribution in [2.24, 2.45) is 0 Å². The Labute approximate surface area is 198 Å². The molecule has 0 saturated carbocycles. The Morgan fingerprint density at radius 3 is 2.64 bits per heavy atom. The molecule has 9 heteroatoms. The molecule has 0 spiro atoms. The van der Waals surface area contributed by atoms with E-state index in [0.29, 0.717) is 16.3 Å². The van der Waals surface area contributed by atoms with E-state index >= 15 is 0 Å². The van der Waals surface area contributed by atoms with Crippen LogP contribution in [0, 0.1) is 0 Å². The van der Waals surface area contributed by atoms with Crippen molar-refractivity contribution in [2.75, 3.05) is 11.9 Å². The third-order valence-electron chi connectivity index (χ3n) is 4.68. The second-order valence-corrected chi connectivity index (χ2v) is 8.16. The number of carbonyl (C=O) groups excluding carboxylic acids is 2. The van der Waals surface area contributed by atoms with E-state index < -0.39 is 17.3 Å². The molecule has 0 unspecified atom stereocenters. The van der Waals surface area contributed by atoms with E-state index in [1.54, 1.807) is 36.6 Å². The summed E-state index contributed by atoms with van der Waals surface area (Å²) in [5.41, 5.74) is 1.38. The number of hydrogen-bond donors (Lipinski definition) is 1. The quantitative estimate of drug-likeness (QED) is 0.391. The average Bonchev–Trinajstić information content (AvgIpc) is 3.23. The summed E-state index contributed by atoms with van der Waals surface area (Å²) >= 11 is 7.21. The van der Waals surface area contributed by atoms with Gasteiger partial charge in [-0.2, -0.15) is 5.10 Å². The van der Waals surface area contributed by atoms with E-state index in [2.05, 4.69) is 10.4 Å². The van der Waals surface area contributed by atoms with Crippen LogP contribution in [0.25, 0.3) is 16.8 Å². The number of carbonyl (C=O) groups is 2. The van der Waals surface area contributed by atoms with Gasteiger partial charge in [0.25, 0.3) is 5.91 Å². The maximum absolute atomic E-state index is 13.0. The van der Waals surface area contributed by atoms with Gasteiger partial charge in [-0.3, -0.25) is 9.59 Å². The Kier molecular flexibility index (Phi) is 6.67. The fraction of sp³-hybridized carbons (Fsp3) is 0.0833. The maximum atomic E-state index is 13.0. The molecule has 2 aromatic carbocycles. The van der Waals surface area contributed by atoms with Crippen molar-refractivity contribution in [3.05, 3.63) is 98.7 Å². The molecule has 4 aromatic rings. The number of nitrogens with zero attached hydrogens (tertiary/aromatic N) is 2. The van der Waals surface area contributed by atoms with Gasteiger partial charge >= 0.3 is 5.97 Å². The van der Waals surface area contributed by atoms with Gasteiger partial charge in [-0.15, -0.1) is 11.3 Å². The van der Waals surface area contributed by atoms with Gasteiger partial charge in [0.05, 0.1) is 12.3 Å². The zero-order valence-electron chi connectivity index (χ0n) is 17.4. The van der Waals surface area contributed by atoms with Crippen LogP contribution in [0.1, 0.15) is 27.8 Å². The number of amides is 1. The Morgan fingerprint density at radius 2 is 1.91 bits per heavy atom. The molecule has 0 aliphatic rings. The number of halogens is 1. The minimum Gasteiger partial charge on any atom is -0.462 e. The molecule has 166 valence electrons. The third kappa shape index (κ3) is 4.87. The first kappa shape index (κ1) is 22.4. The Bertz CT molecular complexity index is 1380. The second kappa shape index (κ2) is 9.81. The zero-order chi connectivity index (χ0) is 23.4. The highest BCUT2D eigenvalue weighted by atomic mass is 35.5. The van der Waals surface area contributed by atoms with E-state index in [-0.39, 0.29) is 22.9 Å². The second-order valence-electron chi connectivity index (χ2n) is 6.85. The highest BCUT2D eigenvalue weighted by Gasteiger charge is 2.24. The molecule has 2 aromatic heterocycles. The van der Waals surface area contributed by atoms with E-state index in [9.17, 15) is 14.4 Å². The van der Waals surface area contributed by atoms with Crippen molar-refractivity contribution in [3.8, 4) is 16.8 Å². The minimum atomic E-state index is -0.733. The number of esters is 1. The van der Waals surface area contributed by atoms with Crippen LogP contribution in [-0.2, 0) is 4.74 Å². The lowest BCUT2D eigenvalue weighted by Gasteiger charge is -2.10. The smallest absolute Gasteiger partial charge is 0.341 e. The van der Waals surface area contributed by atoms with Gasteiger partial charge in [-0.25, -0.2) is 9.48 Å². The van der Waals surface area contributed by atoms with Crippen LogP contribution in [0.5, 0.6) is 0 Å². The molecule has 0 radical (unpaired) electrons. The highest BCUT2D eigenvalue weighted by molar-refractivity contribution is 7.15. The molecule has 1 N–H and O–H groups in total. The molecule has 0 aliphatic carbocycles. The lowest BCUT2D eigenvalue weighted by Crippen LogP contribution is -2.25. The molecule has 0 bridgehead atoms. The van der Waals surface area contributed by atoms with Crippen molar-refractivity contribution in [1.82, 2.24) is 9.78 Å². The van der Waals surface area contributed by atoms with E-state index in [4.69, 9.17) is 16.3 Å². The average molecular weight is 480 g/mol. The largest absolute Gasteiger partial charge is 0.462 e. The van der Waals surface area contributed by atoms with Crippen LogP contribution >= 0.6 is 22.9 Å². The van der Waals surface area contributed by atoms with Crippen LogP contribution in [-0.4, -0.2) is 28.3 Å². The molecular weight excluding hydrogens is 462 g/mol. The third-order valence-corrected chi connectivity index (χ3v) is 5.81. The molecule has 1 amide bonds. The lowest BCUT2D eigenvalue weighted by molar-refractivity contribution is 0.0529. The monoisotopic (exact) mass is 479 g/mol. The molecule has 4 rings (SSSR count). The fourth-order valence-electron chi connectivity index (χ4n) is 3.18. The van der Waals surface area contributed by atoms with Gasteiger partial charge < -0.3 is 10.1 Å². The van der Waals surface area contributed by atoms with Crippen molar-refractivity contribution in [2.45, 2.75) is 6.92 Å². The predicted octanol–water partition coefficient (Wildman–Crippen LogP) is 5.04. The summed E-state index contributed by atoms with van der Waals surface area (Å²) in [4.78, 5) is 38.1. The lowest BCUT2D eigenvalue weighted by atomic mass is 10.0. The Morgan fingerprint density at radius 1 is 1.12 bits per heavy atom. The highest BCUT2D eigenvalue weighted by Crippen LogP contribution is 2.36. The standard InChI is InChI=1S/C24H18ClN3O4S/c1-2-32-24(31)20-18(15-7-4-3-5-8-15)14-33-23(20)26-22(30)21-19(29)11-12-28(27-21)17-10-6-9-16(25)13-17/h3-14H,2H2,1H3,(H,26,30). The molecular formula is C24H18ClN3O4S. The normalized spacial score (nSPS) is 10.6. The summed E-state index contributed by atoms with van der Waals surface area (Å²) in [5, 5.41) is 9.37. The number of benzene rings is 2. The van der Waals surface area contributed by atoms with Crippen LogP contribution in [0.3, 0.4) is 0 Å². The van der Waals surface area contributed by atoms with Gasteiger partial charge in [0.2, 0.25) is 5.43 Å². The summed E-state index contributed by atoms with van der Waals surface area (Å²) in [6.45, 7) is 1.89. The first-order chi connectivity index (χ1) is 16.0. The van der Waals surface area contributed by atoms with Gasteiger partial charge in [-0.05, 0) is 30.7 Å². The SMILES string of the molecule is CCOC(=O)c1c(-c2ccccc2)csc1NC(=O)c1nn(-c2cccc(Cl)c2)ccc1=O. The number of nitrogens with one attached hydrogen (secondary N) is 1. The molecule has 0 atom stereocenters. The van der Waals surface area contributed by atoms with Gasteiger partial charge in [-0.1, -0.05) is 48.0 Å². The fourth-order valence-corrected chi connectivity index (χ4v) is 4.31. The van der Waals surface area contributed by atoms with Crippen LogP contribution in [0.15, 0.2) is 77.0 Å². The topological polar surface area (TPSA) is 90.3 Å². The maximum Gasteiger partial charge on any atom is 0.341 e. The summed E-state index contributed by atoms with van der Waals surface area (Å²) in [5.74, 6) is -1.30. The van der Waals surface area contributed by atoms with Crippen LogP contribution in [0.4, 0.5) is 5.00 Å². The van der Waals surface area contributed by atoms with Crippen LogP contribution in [0.2, 0.25) is 5.02 Å². The molecule has 0 fully saturated rings. The van der Waals surface area contributed by atoms with Crippen molar-refractivity contribution in [1.29, 1.82) is 0 Å². The molecule has 0 aliphatic heterocycles. The number of anilines is 1. The summed E-state index contributed by atoms with van der Waals surface area (Å²) < 4.78 is 6.60. The summed E-state index contributed by atoms with van der Waals surface area (Å²) in [7, 11) is 0. The van der Waals surface area contributed by atoms with Crippen molar-refractivity contribution >= 4 is 39.8 Å². The number of aromatic nitrogens is 2. The first-order valence-corrected chi connectivity index (χ1v) is 11.2. The van der Waals surface area contributed by atoms with Gasteiger partial charge in [0.1, 0.15) is 10.6 Å². The number of ether oxygens (including phenoxy) is 1. The van der Waals surface area contributed by atoms with E-state index in [0.717, 1.165) is 5.56 Å². The number of rotatable bonds is 6. The van der Waals surface area contributed by atoms with E-state index in [1.807, 2.05) is 30.3 Å². The Hall–Kier alpha value is -3.75. The Balaban J connectivity index is 1.71. The van der Waals surface area contributed by atoms with Crippen molar-refractivity contribution in [3.63, 3.8) is 0 Å². The number of thiophene rings is 1. The molecule has 7 nitrogen and oxygen atoms in total. The van der Waals surface area contributed by atoms with E-state index in [1.165, 1.54) is 28.3 Å². The van der Waals surface area contributed by atoms with Crippen molar-refractivity contribution < 1.29 is 14.3 Å². The summed E-state index contributed by atoms with van der Waals surface area (Å²) in [6, 6.07) is 17.4. The molecule has 0 saturated heterocycles. The molecule has 2 heterocycles. The predicted molar refractivity (Wildman–Crippen MR) is 129 cm³/mol. The summed E-state index contributed by atoms with van der Waals surface area (Å²) in [6.07, 6.45) is 1.45. The zero-order valence-corrected chi connectivity index (χ0v) is 19.0. The van der Waals surface area contributed by atoms with Crippen LogP contribution < -0.4 is 10.7 Å². The number of hydrogen-bond acceptors (Lipinski definition) is 6. The first-order valence-electron chi connectivity index (χ1n) is 9.99. The minimum absolute atomic E-state index is 0.181.